The molecule has 1 heterocycles. The lowest BCUT2D eigenvalue weighted by molar-refractivity contribution is 0.306. The van der Waals surface area contributed by atoms with Crippen molar-refractivity contribution in [2.24, 2.45) is 5.92 Å². The molecule has 0 saturated heterocycles. The maximum atomic E-state index is 12.9. The molecular formula is C12H21FN2. The number of alkyl halides is 1. The summed E-state index contributed by atoms with van der Waals surface area (Å²) in [5.41, 5.74) is 3.44. The van der Waals surface area contributed by atoms with Gasteiger partial charge in [0.25, 0.3) is 0 Å². The fourth-order valence-electron chi connectivity index (χ4n) is 1.85. The van der Waals surface area contributed by atoms with E-state index in [0.717, 1.165) is 17.8 Å². The number of aryl methyl sites for hydroxylation is 1. The van der Waals surface area contributed by atoms with Gasteiger partial charge < -0.3 is 0 Å². The highest BCUT2D eigenvalue weighted by Crippen LogP contribution is 2.17. The zero-order valence-electron chi connectivity index (χ0n) is 10.3. The summed E-state index contributed by atoms with van der Waals surface area (Å²) in [7, 11) is 0. The molecule has 1 rings (SSSR count). The zero-order valence-corrected chi connectivity index (χ0v) is 10.3. The Morgan fingerprint density at radius 3 is 2.33 bits per heavy atom. The molecule has 3 heteroatoms. The van der Waals surface area contributed by atoms with Gasteiger partial charge in [0, 0.05) is 5.69 Å². The number of rotatable bonds is 4. The molecule has 0 aliphatic rings. The minimum absolute atomic E-state index is 0.366. The minimum atomic E-state index is -0.838. The van der Waals surface area contributed by atoms with Gasteiger partial charge in [0.1, 0.15) is 6.17 Å². The summed E-state index contributed by atoms with van der Waals surface area (Å²) in [6, 6.07) is 0. The first kappa shape index (κ1) is 12.2. The standard InChI is InChI=1S/C12H21FN2/c1-8(2)6-12-10(4)14-15(11(12)5)7-9(3)13/h8-9H,6-7H2,1-5H3. The van der Waals surface area contributed by atoms with Crippen LogP contribution in [0.15, 0.2) is 0 Å². The summed E-state index contributed by atoms with van der Waals surface area (Å²) in [5, 5.41) is 4.38. The molecule has 86 valence electrons. The molecular weight excluding hydrogens is 191 g/mol. The van der Waals surface area contributed by atoms with Gasteiger partial charge in [0.15, 0.2) is 0 Å². The summed E-state index contributed by atoms with van der Waals surface area (Å²) in [6.07, 6.45) is 0.188. The van der Waals surface area contributed by atoms with E-state index in [0.29, 0.717) is 12.5 Å². The summed E-state index contributed by atoms with van der Waals surface area (Å²) in [5.74, 6) is 0.614. The van der Waals surface area contributed by atoms with Crippen LogP contribution in [0, 0.1) is 19.8 Å². The Kier molecular flexibility index (Phi) is 3.89. The second-order valence-electron chi connectivity index (χ2n) is 4.71. The van der Waals surface area contributed by atoms with Gasteiger partial charge in [-0.15, -0.1) is 0 Å². The van der Waals surface area contributed by atoms with Gasteiger partial charge in [-0.05, 0) is 38.7 Å². The predicted octanol–water partition coefficient (Wildman–Crippen LogP) is 3.06. The maximum absolute atomic E-state index is 12.9. The van der Waals surface area contributed by atoms with Crippen molar-refractivity contribution < 1.29 is 4.39 Å². The van der Waals surface area contributed by atoms with Crippen molar-refractivity contribution in [2.75, 3.05) is 0 Å². The fourth-order valence-corrected chi connectivity index (χ4v) is 1.85. The summed E-state index contributed by atoms with van der Waals surface area (Å²) in [4.78, 5) is 0. The summed E-state index contributed by atoms with van der Waals surface area (Å²) >= 11 is 0. The van der Waals surface area contributed by atoms with Crippen molar-refractivity contribution in [3.63, 3.8) is 0 Å². The molecule has 15 heavy (non-hydrogen) atoms. The summed E-state index contributed by atoms with van der Waals surface area (Å²) < 4.78 is 14.7. The molecule has 1 unspecified atom stereocenters. The Morgan fingerprint density at radius 1 is 1.27 bits per heavy atom. The smallest absolute Gasteiger partial charge is 0.117 e. The van der Waals surface area contributed by atoms with Crippen LogP contribution in [-0.4, -0.2) is 16.0 Å². The Hall–Kier alpha value is -0.860. The van der Waals surface area contributed by atoms with Crippen LogP contribution in [0.1, 0.15) is 37.7 Å². The van der Waals surface area contributed by atoms with E-state index in [4.69, 9.17) is 0 Å². The molecule has 0 aliphatic heterocycles. The topological polar surface area (TPSA) is 17.8 Å². The van der Waals surface area contributed by atoms with Crippen molar-refractivity contribution in [3.8, 4) is 0 Å². The van der Waals surface area contributed by atoms with Crippen LogP contribution in [0.5, 0.6) is 0 Å². The van der Waals surface area contributed by atoms with E-state index in [9.17, 15) is 4.39 Å². The van der Waals surface area contributed by atoms with Crippen LogP contribution in [-0.2, 0) is 13.0 Å². The third kappa shape index (κ3) is 3.05. The first-order valence-electron chi connectivity index (χ1n) is 5.58. The number of nitrogens with zero attached hydrogens (tertiary/aromatic N) is 2. The van der Waals surface area contributed by atoms with E-state index in [1.54, 1.807) is 11.6 Å². The number of hydrogen-bond acceptors (Lipinski definition) is 1. The highest BCUT2D eigenvalue weighted by Gasteiger charge is 2.13. The molecule has 0 aliphatic carbocycles. The van der Waals surface area contributed by atoms with E-state index in [1.165, 1.54) is 5.56 Å². The Labute approximate surface area is 91.5 Å². The molecule has 0 bridgehead atoms. The van der Waals surface area contributed by atoms with Gasteiger partial charge in [0.2, 0.25) is 0 Å². The molecule has 0 spiro atoms. The lowest BCUT2D eigenvalue weighted by atomic mass is 10.0. The first-order valence-corrected chi connectivity index (χ1v) is 5.58. The molecule has 1 atom stereocenters. The van der Waals surface area contributed by atoms with Gasteiger partial charge >= 0.3 is 0 Å². The molecule has 0 saturated carbocycles. The van der Waals surface area contributed by atoms with Gasteiger partial charge in [-0.25, -0.2) is 4.39 Å². The van der Waals surface area contributed by atoms with Crippen LogP contribution in [0.2, 0.25) is 0 Å². The number of aromatic nitrogens is 2. The van der Waals surface area contributed by atoms with E-state index < -0.39 is 6.17 Å². The monoisotopic (exact) mass is 212 g/mol. The molecule has 0 amide bonds. The SMILES string of the molecule is Cc1nn(CC(C)F)c(C)c1CC(C)C. The molecule has 0 fully saturated rings. The van der Waals surface area contributed by atoms with Crippen LogP contribution >= 0.6 is 0 Å². The van der Waals surface area contributed by atoms with Gasteiger partial charge in [-0.3, -0.25) is 4.68 Å². The Balaban J connectivity index is 2.93. The largest absolute Gasteiger partial charge is 0.266 e. The lowest BCUT2D eigenvalue weighted by Gasteiger charge is -2.07. The van der Waals surface area contributed by atoms with Crippen molar-refractivity contribution in [1.29, 1.82) is 0 Å². The average Bonchev–Trinajstić information content (AvgIpc) is 2.31. The van der Waals surface area contributed by atoms with Crippen molar-refractivity contribution in [3.05, 3.63) is 17.0 Å². The van der Waals surface area contributed by atoms with Crippen LogP contribution in [0.3, 0.4) is 0 Å². The molecule has 1 aromatic rings. The normalized spacial score (nSPS) is 13.5. The van der Waals surface area contributed by atoms with Gasteiger partial charge in [-0.2, -0.15) is 5.10 Å². The van der Waals surface area contributed by atoms with Crippen LogP contribution in [0.4, 0.5) is 4.39 Å². The second-order valence-corrected chi connectivity index (χ2v) is 4.71. The molecule has 0 aromatic carbocycles. The number of halogens is 1. The Morgan fingerprint density at radius 2 is 1.87 bits per heavy atom. The fraction of sp³-hybridized carbons (Fsp3) is 0.750. The van der Waals surface area contributed by atoms with Crippen molar-refractivity contribution >= 4 is 0 Å². The molecule has 2 nitrogen and oxygen atoms in total. The van der Waals surface area contributed by atoms with Gasteiger partial charge in [-0.1, -0.05) is 13.8 Å². The van der Waals surface area contributed by atoms with Crippen molar-refractivity contribution in [1.82, 2.24) is 9.78 Å². The summed E-state index contributed by atoms with van der Waals surface area (Å²) in [6.45, 7) is 10.3. The predicted molar refractivity (Wildman–Crippen MR) is 60.8 cm³/mol. The Bertz CT molecular complexity index is 327. The van der Waals surface area contributed by atoms with Gasteiger partial charge in [0.05, 0.1) is 12.2 Å². The average molecular weight is 212 g/mol. The maximum Gasteiger partial charge on any atom is 0.117 e. The minimum Gasteiger partial charge on any atom is -0.266 e. The quantitative estimate of drug-likeness (QED) is 0.750. The third-order valence-corrected chi connectivity index (χ3v) is 2.57. The highest BCUT2D eigenvalue weighted by atomic mass is 19.1. The first-order chi connectivity index (χ1) is 6.91. The lowest BCUT2D eigenvalue weighted by Crippen LogP contribution is -2.11. The second kappa shape index (κ2) is 4.77. The molecule has 0 radical (unpaired) electrons. The van der Waals surface area contributed by atoms with E-state index in [1.807, 2.05) is 13.8 Å². The van der Waals surface area contributed by atoms with E-state index >= 15 is 0 Å². The number of hydrogen-bond donors (Lipinski definition) is 0. The van der Waals surface area contributed by atoms with Crippen LogP contribution < -0.4 is 0 Å². The van der Waals surface area contributed by atoms with Crippen molar-refractivity contribution in [2.45, 2.75) is 53.8 Å². The van der Waals surface area contributed by atoms with E-state index in [2.05, 4.69) is 18.9 Å². The third-order valence-electron chi connectivity index (χ3n) is 2.57. The molecule has 1 aromatic heterocycles. The van der Waals surface area contributed by atoms with E-state index in [-0.39, 0.29) is 0 Å². The molecule has 0 N–H and O–H groups in total. The zero-order chi connectivity index (χ0) is 11.6. The highest BCUT2D eigenvalue weighted by molar-refractivity contribution is 5.24. The van der Waals surface area contributed by atoms with Crippen LogP contribution in [0.25, 0.3) is 0 Å².